The third kappa shape index (κ3) is 3.75. The molecule has 1 aliphatic rings. The largest absolute Gasteiger partial charge is 0.368 e. The summed E-state index contributed by atoms with van der Waals surface area (Å²) in [6, 6.07) is 8.80. The Kier molecular flexibility index (Phi) is 5.05. The van der Waals surface area contributed by atoms with Crippen LogP contribution in [0.5, 0.6) is 0 Å². The van der Waals surface area contributed by atoms with E-state index in [2.05, 4.69) is 49.9 Å². The first-order valence-corrected chi connectivity index (χ1v) is 7.71. The Morgan fingerprint density at radius 2 is 1.70 bits per heavy atom. The van der Waals surface area contributed by atoms with E-state index in [1.54, 1.807) is 0 Å². The molecule has 1 aromatic rings. The van der Waals surface area contributed by atoms with Gasteiger partial charge in [0.15, 0.2) is 0 Å². The van der Waals surface area contributed by atoms with Crippen molar-refractivity contribution in [3.63, 3.8) is 0 Å². The van der Waals surface area contributed by atoms with Crippen LogP contribution in [0.2, 0.25) is 0 Å². The van der Waals surface area contributed by atoms with E-state index >= 15 is 0 Å². The van der Waals surface area contributed by atoms with Crippen molar-refractivity contribution in [3.05, 3.63) is 29.8 Å². The Morgan fingerprint density at radius 1 is 1.10 bits per heavy atom. The molecule has 1 heterocycles. The number of nitrogens with zero attached hydrogens (tertiary/aromatic N) is 2. The maximum absolute atomic E-state index is 12.0. The van der Waals surface area contributed by atoms with Gasteiger partial charge in [0.1, 0.15) is 0 Å². The molecule has 20 heavy (non-hydrogen) atoms. The average Bonchev–Trinajstić information content (AvgIpc) is 2.47. The quantitative estimate of drug-likeness (QED) is 0.843. The van der Waals surface area contributed by atoms with Gasteiger partial charge in [-0.15, -0.1) is 0 Å². The fraction of sp³-hybridized carbons (Fsp3) is 0.588. The van der Waals surface area contributed by atoms with Gasteiger partial charge in [-0.25, -0.2) is 0 Å². The number of benzene rings is 1. The van der Waals surface area contributed by atoms with Crippen molar-refractivity contribution >= 4 is 11.6 Å². The van der Waals surface area contributed by atoms with Crippen molar-refractivity contribution in [1.82, 2.24) is 4.90 Å². The average molecular weight is 274 g/mol. The maximum Gasteiger partial charge on any atom is 0.222 e. The van der Waals surface area contributed by atoms with Gasteiger partial charge < -0.3 is 9.80 Å². The predicted octanol–water partition coefficient (Wildman–Crippen LogP) is 2.94. The summed E-state index contributed by atoms with van der Waals surface area (Å²) in [7, 11) is 0. The van der Waals surface area contributed by atoms with Gasteiger partial charge in [0.2, 0.25) is 5.91 Å². The van der Waals surface area contributed by atoms with Gasteiger partial charge in [-0.2, -0.15) is 0 Å². The Morgan fingerprint density at radius 3 is 2.20 bits per heavy atom. The number of anilines is 1. The lowest BCUT2D eigenvalue weighted by molar-refractivity contribution is -0.132. The van der Waals surface area contributed by atoms with Crippen LogP contribution in [0, 0.1) is 5.92 Å². The molecule has 1 amide bonds. The molecule has 3 heteroatoms. The summed E-state index contributed by atoms with van der Waals surface area (Å²) in [6.45, 7) is 9.95. The van der Waals surface area contributed by atoms with Crippen LogP contribution in [0.4, 0.5) is 5.69 Å². The molecule has 0 bridgehead atoms. The molecule has 1 fully saturated rings. The molecule has 1 aromatic carbocycles. The Hall–Kier alpha value is -1.51. The molecule has 2 rings (SSSR count). The molecule has 1 aliphatic heterocycles. The number of amides is 1. The van der Waals surface area contributed by atoms with Crippen molar-refractivity contribution in [2.75, 3.05) is 31.1 Å². The van der Waals surface area contributed by atoms with Crippen molar-refractivity contribution in [1.29, 1.82) is 0 Å². The molecule has 0 radical (unpaired) electrons. The number of carbonyl (C=O) groups excluding carboxylic acids is 1. The monoisotopic (exact) mass is 274 g/mol. The van der Waals surface area contributed by atoms with Gasteiger partial charge in [0, 0.05) is 38.3 Å². The summed E-state index contributed by atoms with van der Waals surface area (Å²) < 4.78 is 0. The van der Waals surface area contributed by atoms with Crippen LogP contribution < -0.4 is 4.90 Å². The van der Waals surface area contributed by atoms with E-state index < -0.39 is 0 Å². The van der Waals surface area contributed by atoms with Crippen LogP contribution in [0.3, 0.4) is 0 Å². The third-order valence-corrected chi connectivity index (χ3v) is 3.92. The lowest BCUT2D eigenvalue weighted by Gasteiger charge is -2.36. The number of piperazine rings is 1. The van der Waals surface area contributed by atoms with Gasteiger partial charge in [0.25, 0.3) is 0 Å². The molecule has 0 aromatic heterocycles. The Labute approximate surface area is 122 Å². The van der Waals surface area contributed by atoms with E-state index in [0.29, 0.717) is 18.2 Å². The molecule has 0 spiro atoms. The highest BCUT2D eigenvalue weighted by atomic mass is 16.2. The van der Waals surface area contributed by atoms with Crippen molar-refractivity contribution in [2.24, 2.45) is 5.92 Å². The van der Waals surface area contributed by atoms with E-state index in [4.69, 9.17) is 0 Å². The van der Waals surface area contributed by atoms with Crippen molar-refractivity contribution < 1.29 is 4.79 Å². The zero-order valence-electron chi connectivity index (χ0n) is 12.9. The number of carbonyl (C=O) groups is 1. The van der Waals surface area contributed by atoms with E-state index in [1.165, 1.54) is 11.3 Å². The minimum atomic E-state index is 0.306. The summed E-state index contributed by atoms with van der Waals surface area (Å²) in [5, 5.41) is 0. The second-order valence-corrected chi connectivity index (χ2v) is 5.99. The van der Waals surface area contributed by atoms with Gasteiger partial charge in [-0.05, 0) is 30.0 Å². The van der Waals surface area contributed by atoms with Crippen molar-refractivity contribution in [3.8, 4) is 0 Å². The summed E-state index contributed by atoms with van der Waals surface area (Å²) in [5.41, 5.74) is 2.65. The molecule has 1 saturated heterocycles. The van der Waals surface area contributed by atoms with E-state index in [1.807, 2.05) is 4.90 Å². The zero-order chi connectivity index (χ0) is 14.5. The maximum atomic E-state index is 12.0. The summed E-state index contributed by atoms with van der Waals surface area (Å²) >= 11 is 0. The lowest BCUT2D eigenvalue weighted by atomic mass is 10.1. The first-order valence-electron chi connectivity index (χ1n) is 7.71. The van der Waals surface area contributed by atoms with Crippen LogP contribution in [-0.2, 0) is 11.2 Å². The smallest absolute Gasteiger partial charge is 0.222 e. The number of hydrogen-bond donors (Lipinski definition) is 0. The van der Waals surface area contributed by atoms with E-state index in [-0.39, 0.29) is 0 Å². The predicted molar refractivity (Wildman–Crippen MR) is 84.1 cm³/mol. The normalized spacial score (nSPS) is 15.8. The molecule has 110 valence electrons. The molecule has 3 nitrogen and oxygen atoms in total. The van der Waals surface area contributed by atoms with E-state index in [0.717, 1.165) is 32.6 Å². The van der Waals surface area contributed by atoms with Gasteiger partial charge in [-0.1, -0.05) is 32.9 Å². The van der Waals surface area contributed by atoms with Crippen molar-refractivity contribution in [2.45, 2.75) is 33.6 Å². The second kappa shape index (κ2) is 6.78. The molecular weight excluding hydrogens is 248 g/mol. The standard InChI is InChI=1S/C17H26N2O/c1-4-15-5-7-16(8-6-15)18-9-11-19(12-10-18)17(20)13-14(2)3/h5-8,14H,4,9-13H2,1-3H3. The molecular formula is C17H26N2O. The molecule has 0 N–H and O–H groups in total. The first-order chi connectivity index (χ1) is 9.60. The van der Waals surface area contributed by atoms with Gasteiger partial charge in [0.05, 0.1) is 0 Å². The second-order valence-electron chi connectivity index (χ2n) is 5.99. The zero-order valence-corrected chi connectivity index (χ0v) is 12.9. The summed E-state index contributed by atoms with van der Waals surface area (Å²) in [5.74, 6) is 0.753. The minimum absolute atomic E-state index is 0.306. The topological polar surface area (TPSA) is 23.6 Å². The molecule has 0 aliphatic carbocycles. The highest BCUT2D eigenvalue weighted by Crippen LogP contribution is 2.18. The van der Waals surface area contributed by atoms with E-state index in [9.17, 15) is 4.79 Å². The van der Waals surface area contributed by atoms with Crippen LogP contribution in [-0.4, -0.2) is 37.0 Å². The molecule has 0 atom stereocenters. The fourth-order valence-corrected chi connectivity index (χ4v) is 2.63. The number of hydrogen-bond acceptors (Lipinski definition) is 2. The molecule has 0 unspecified atom stereocenters. The first kappa shape index (κ1) is 14.9. The lowest BCUT2D eigenvalue weighted by Crippen LogP contribution is -2.49. The molecule has 0 saturated carbocycles. The number of rotatable bonds is 4. The summed E-state index contributed by atoms with van der Waals surface area (Å²) in [4.78, 5) is 16.4. The highest BCUT2D eigenvalue weighted by Gasteiger charge is 2.21. The Bertz CT molecular complexity index is 431. The van der Waals surface area contributed by atoms with Gasteiger partial charge in [-0.3, -0.25) is 4.79 Å². The SMILES string of the molecule is CCc1ccc(N2CCN(C(=O)CC(C)C)CC2)cc1. The minimum Gasteiger partial charge on any atom is -0.368 e. The Balaban J connectivity index is 1.88. The third-order valence-electron chi connectivity index (χ3n) is 3.92. The summed E-state index contributed by atoms with van der Waals surface area (Å²) in [6.07, 6.45) is 1.75. The fourth-order valence-electron chi connectivity index (χ4n) is 2.63. The van der Waals surface area contributed by atoms with Gasteiger partial charge >= 0.3 is 0 Å². The van der Waals surface area contributed by atoms with Crippen LogP contribution in [0.1, 0.15) is 32.8 Å². The van der Waals surface area contributed by atoms with Crippen LogP contribution >= 0.6 is 0 Å². The highest BCUT2D eigenvalue weighted by molar-refractivity contribution is 5.76. The van der Waals surface area contributed by atoms with Crippen LogP contribution in [0.25, 0.3) is 0 Å². The van der Waals surface area contributed by atoms with Crippen LogP contribution in [0.15, 0.2) is 24.3 Å². The number of aryl methyl sites for hydroxylation is 1.